The van der Waals surface area contributed by atoms with Crippen LogP contribution in [-0.4, -0.2) is 41.8 Å². The first-order valence-electron chi connectivity index (χ1n) is 5.98. The Kier molecular flexibility index (Phi) is 6.33. The SMILES string of the molecule is CC(CCS(C)=O)NS(=O)(=O)c1ccc(Cl)c(C(=O)O)c1. The van der Waals surface area contributed by atoms with Crippen molar-refractivity contribution in [1.29, 1.82) is 0 Å². The molecular formula is C12H16ClNO5S2. The lowest BCUT2D eigenvalue weighted by Gasteiger charge is -2.14. The van der Waals surface area contributed by atoms with Crippen molar-refractivity contribution in [1.82, 2.24) is 4.72 Å². The second-order valence-electron chi connectivity index (χ2n) is 4.54. The molecule has 0 aromatic heterocycles. The molecule has 21 heavy (non-hydrogen) atoms. The molecule has 0 saturated heterocycles. The molecule has 2 unspecified atom stereocenters. The van der Waals surface area contributed by atoms with Crippen molar-refractivity contribution in [2.45, 2.75) is 24.3 Å². The number of carboxylic acids is 1. The molecule has 0 bridgehead atoms. The summed E-state index contributed by atoms with van der Waals surface area (Å²) in [6.45, 7) is 1.65. The molecule has 0 aliphatic heterocycles. The second kappa shape index (κ2) is 7.35. The van der Waals surface area contributed by atoms with Gasteiger partial charge in [0, 0.05) is 28.9 Å². The van der Waals surface area contributed by atoms with Crippen molar-refractivity contribution in [3.63, 3.8) is 0 Å². The molecule has 118 valence electrons. The van der Waals surface area contributed by atoms with Gasteiger partial charge in [0.25, 0.3) is 0 Å². The smallest absolute Gasteiger partial charge is 0.337 e. The summed E-state index contributed by atoms with van der Waals surface area (Å²) in [7, 11) is -4.85. The summed E-state index contributed by atoms with van der Waals surface area (Å²) >= 11 is 5.70. The van der Waals surface area contributed by atoms with Gasteiger partial charge in [0.15, 0.2) is 0 Å². The van der Waals surface area contributed by atoms with Crippen molar-refractivity contribution in [2.24, 2.45) is 0 Å². The summed E-state index contributed by atoms with van der Waals surface area (Å²) in [4.78, 5) is 10.8. The van der Waals surface area contributed by atoms with Gasteiger partial charge in [-0.1, -0.05) is 11.6 Å². The molecule has 0 amide bonds. The van der Waals surface area contributed by atoms with Gasteiger partial charge < -0.3 is 5.11 Å². The summed E-state index contributed by atoms with van der Waals surface area (Å²) in [5.41, 5.74) is -0.276. The minimum Gasteiger partial charge on any atom is -0.478 e. The molecule has 0 saturated carbocycles. The lowest BCUT2D eigenvalue weighted by molar-refractivity contribution is 0.0697. The van der Waals surface area contributed by atoms with Gasteiger partial charge in [0.1, 0.15) is 0 Å². The van der Waals surface area contributed by atoms with E-state index in [1.807, 2.05) is 0 Å². The van der Waals surface area contributed by atoms with Crippen molar-refractivity contribution < 1.29 is 22.5 Å². The number of aromatic carboxylic acids is 1. The normalized spacial score (nSPS) is 14.6. The summed E-state index contributed by atoms with van der Waals surface area (Å²) in [6.07, 6.45) is 1.96. The molecular weight excluding hydrogens is 338 g/mol. The van der Waals surface area contributed by atoms with E-state index in [0.29, 0.717) is 12.2 Å². The summed E-state index contributed by atoms with van der Waals surface area (Å²) in [6, 6.07) is 3.06. The first kappa shape index (κ1) is 18.1. The van der Waals surface area contributed by atoms with Gasteiger partial charge in [-0.15, -0.1) is 0 Å². The fraction of sp³-hybridized carbons (Fsp3) is 0.417. The van der Waals surface area contributed by atoms with E-state index in [1.165, 1.54) is 12.1 Å². The van der Waals surface area contributed by atoms with Gasteiger partial charge in [0.05, 0.1) is 15.5 Å². The van der Waals surface area contributed by atoms with E-state index in [2.05, 4.69) is 4.72 Å². The van der Waals surface area contributed by atoms with E-state index in [1.54, 1.807) is 13.2 Å². The van der Waals surface area contributed by atoms with Crippen LogP contribution in [0.3, 0.4) is 0 Å². The molecule has 1 rings (SSSR count). The predicted octanol–water partition coefficient (Wildman–Crippen LogP) is 1.47. The van der Waals surface area contributed by atoms with Crippen LogP contribution in [0.4, 0.5) is 0 Å². The molecule has 0 aliphatic rings. The third-order valence-electron chi connectivity index (χ3n) is 2.67. The molecule has 1 aromatic carbocycles. The largest absolute Gasteiger partial charge is 0.478 e. The number of benzene rings is 1. The van der Waals surface area contributed by atoms with Gasteiger partial charge in [-0.05, 0) is 31.5 Å². The number of sulfonamides is 1. The van der Waals surface area contributed by atoms with Crippen LogP contribution in [0.2, 0.25) is 5.02 Å². The highest BCUT2D eigenvalue weighted by molar-refractivity contribution is 7.89. The van der Waals surface area contributed by atoms with E-state index >= 15 is 0 Å². The van der Waals surface area contributed by atoms with E-state index in [0.717, 1.165) is 6.07 Å². The van der Waals surface area contributed by atoms with Crippen LogP contribution in [0.25, 0.3) is 0 Å². The average Bonchev–Trinajstić information content (AvgIpc) is 2.35. The van der Waals surface area contributed by atoms with Crippen LogP contribution in [0.15, 0.2) is 23.1 Å². The van der Waals surface area contributed by atoms with Gasteiger partial charge in [-0.2, -0.15) is 0 Å². The Morgan fingerprint density at radius 1 is 1.48 bits per heavy atom. The lowest BCUT2D eigenvalue weighted by atomic mass is 10.2. The van der Waals surface area contributed by atoms with Crippen LogP contribution in [0.1, 0.15) is 23.7 Å². The van der Waals surface area contributed by atoms with Crippen molar-refractivity contribution in [2.75, 3.05) is 12.0 Å². The van der Waals surface area contributed by atoms with E-state index in [9.17, 15) is 17.4 Å². The number of nitrogens with one attached hydrogen (secondary N) is 1. The van der Waals surface area contributed by atoms with Crippen LogP contribution in [-0.2, 0) is 20.8 Å². The Morgan fingerprint density at radius 3 is 2.62 bits per heavy atom. The van der Waals surface area contributed by atoms with Crippen LogP contribution >= 0.6 is 11.6 Å². The Balaban J connectivity index is 2.95. The highest BCUT2D eigenvalue weighted by atomic mass is 35.5. The zero-order chi connectivity index (χ0) is 16.2. The molecule has 0 fully saturated rings. The van der Waals surface area contributed by atoms with Gasteiger partial charge in [0.2, 0.25) is 10.0 Å². The van der Waals surface area contributed by atoms with Crippen LogP contribution in [0, 0.1) is 0 Å². The van der Waals surface area contributed by atoms with Gasteiger partial charge >= 0.3 is 5.97 Å². The third kappa shape index (κ3) is 5.39. The summed E-state index contributed by atoms with van der Waals surface area (Å²) in [5.74, 6) is -0.920. The average molecular weight is 354 g/mol. The van der Waals surface area contributed by atoms with E-state index in [4.69, 9.17) is 16.7 Å². The van der Waals surface area contributed by atoms with Gasteiger partial charge in [-0.25, -0.2) is 17.9 Å². The van der Waals surface area contributed by atoms with Crippen LogP contribution in [0.5, 0.6) is 0 Å². The van der Waals surface area contributed by atoms with Gasteiger partial charge in [-0.3, -0.25) is 4.21 Å². The first-order chi connectivity index (χ1) is 9.63. The van der Waals surface area contributed by atoms with Crippen LogP contribution < -0.4 is 4.72 Å². The second-order valence-corrected chi connectivity index (χ2v) is 8.21. The van der Waals surface area contributed by atoms with Crippen molar-refractivity contribution >= 4 is 38.4 Å². The zero-order valence-corrected chi connectivity index (χ0v) is 13.9. The Hall–Kier alpha value is -0.960. The maximum Gasteiger partial charge on any atom is 0.337 e. The molecule has 0 spiro atoms. The first-order valence-corrected chi connectivity index (χ1v) is 9.57. The quantitative estimate of drug-likeness (QED) is 0.773. The molecule has 2 atom stereocenters. The Labute approximate surface area is 131 Å². The maximum atomic E-state index is 12.2. The lowest BCUT2D eigenvalue weighted by Crippen LogP contribution is -2.33. The van der Waals surface area contributed by atoms with Crippen molar-refractivity contribution in [3.8, 4) is 0 Å². The standard InChI is InChI=1S/C12H16ClNO5S2/c1-8(5-6-20(2)17)14-21(18,19)9-3-4-11(13)10(7-9)12(15)16/h3-4,7-8,14H,5-6H2,1-2H3,(H,15,16). The number of hydrogen-bond donors (Lipinski definition) is 2. The molecule has 6 nitrogen and oxygen atoms in total. The highest BCUT2D eigenvalue weighted by Crippen LogP contribution is 2.20. The Morgan fingerprint density at radius 2 is 2.10 bits per heavy atom. The predicted molar refractivity (Wildman–Crippen MR) is 81.7 cm³/mol. The van der Waals surface area contributed by atoms with E-state index in [-0.39, 0.29) is 15.5 Å². The third-order valence-corrected chi connectivity index (χ3v) is 5.40. The molecule has 2 N–H and O–H groups in total. The number of halogens is 1. The monoisotopic (exact) mass is 353 g/mol. The maximum absolute atomic E-state index is 12.2. The van der Waals surface area contributed by atoms with Crippen molar-refractivity contribution in [3.05, 3.63) is 28.8 Å². The minimum atomic E-state index is -3.85. The summed E-state index contributed by atoms with van der Waals surface area (Å²) in [5, 5.41) is 8.92. The fourth-order valence-corrected chi connectivity index (χ4v) is 3.76. The number of hydrogen-bond acceptors (Lipinski definition) is 4. The fourth-order valence-electron chi connectivity index (χ4n) is 1.57. The molecule has 1 aromatic rings. The van der Waals surface area contributed by atoms with E-state index < -0.39 is 32.8 Å². The number of rotatable bonds is 7. The minimum absolute atomic E-state index is 0.0316. The topological polar surface area (TPSA) is 101 Å². The molecule has 0 radical (unpaired) electrons. The highest BCUT2D eigenvalue weighted by Gasteiger charge is 2.20. The number of carbonyl (C=O) groups is 1. The Bertz CT molecular complexity index is 660. The molecule has 9 heteroatoms. The zero-order valence-electron chi connectivity index (χ0n) is 11.5. The number of carboxylic acid groups (broad SMARTS) is 1. The molecule has 0 heterocycles. The molecule has 0 aliphatic carbocycles. The summed E-state index contributed by atoms with van der Waals surface area (Å²) < 4.78 is 37.7.